The number of aromatic nitrogens is 2. The Balaban J connectivity index is 1.82. The Bertz CT molecular complexity index is 805. The molecule has 0 amide bonds. The second-order valence-electron chi connectivity index (χ2n) is 4.59. The predicted octanol–water partition coefficient (Wildman–Crippen LogP) is 4.11. The van der Waals surface area contributed by atoms with E-state index < -0.39 is 0 Å². The third kappa shape index (κ3) is 3.40. The molecule has 0 spiro atoms. The zero-order chi connectivity index (χ0) is 16.2. The van der Waals surface area contributed by atoms with Crippen molar-refractivity contribution in [1.29, 1.82) is 0 Å². The second-order valence-corrected chi connectivity index (χ2v) is 5.45. The van der Waals surface area contributed by atoms with E-state index in [9.17, 15) is 4.39 Å². The maximum atomic E-state index is 12.9. The van der Waals surface area contributed by atoms with Crippen LogP contribution in [0.25, 0.3) is 11.3 Å². The van der Waals surface area contributed by atoms with Crippen LogP contribution in [0.4, 0.5) is 15.3 Å². The van der Waals surface area contributed by atoms with Gasteiger partial charge in [0.25, 0.3) is 0 Å². The normalized spacial score (nSPS) is 10.4. The van der Waals surface area contributed by atoms with Crippen molar-refractivity contribution in [2.45, 2.75) is 0 Å². The molecule has 0 saturated heterocycles. The maximum absolute atomic E-state index is 12.9. The average Bonchev–Trinajstić information content (AvgIpc) is 3.05. The highest BCUT2D eigenvalue weighted by molar-refractivity contribution is 7.14. The highest BCUT2D eigenvalue weighted by Gasteiger charge is 2.09. The fourth-order valence-corrected chi connectivity index (χ4v) is 2.75. The molecule has 0 radical (unpaired) electrons. The van der Waals surface area contributed by atoms with Gasteiger partial charge >= 0.3 is 0 Å². The highest BCUT2D eigenvalue weighted by Crippen LogP contribution is 2.33. The standard InChI is InChI=1S/C16H14FN3O2S/c1-21-13-5-3-10(7-14(13)22-2)12-9-23-16(19-12)20-15-6-4-11(17)8-18-15/h3-9H,1-2H3,(H,18,19,20). The lowest BCUT2D eigenvalue weighted by molar-refractivity contribution is 0.355. The minimum atomic E-state index is -0.374. The minimum absolute atomic E-state index is 0.374. The first kappa shape index (κ1) is 15.2. The molecule has 23 heavy (non-hydrogen) atoms. The number of anilines is 2. The van der Waals surface area contributed by atoms with Gasteiger partial charge in [0.15, 0.2) is 16.6 Å². The van der Waals surface area contributed by atoms with Crippen LogP contribution in [0.5, 0.6) is 11.5 Å². The molecule has 2 aromatic heterocycles. The summed E-state index contributed by atoms with van der Waals surface area (Å²) in [5.41, 5.74) is 1.72. The van der Waals surface area contributed by atoms with Crippen LogP contribution < -0.4 is 14.8 Å². The fourth-order valence-electron chi connectivity index (χ4n) is 2.02. The summed E-state index contributed by atoms with van der Waals surface area (Å²) < 4.78 is 23.4. The summed E-state index contributed by atoms with van der Waals surface area (Å²) >= 11 is 1.44. The molecule has 2 heterocycles. The molecule has 5 nitrogen and oxygen atoms in total. The lowest BCUT2D eigenvalue weighted by atomic mass is 10.1. The first-order chi connectivity index (χ1) is 11.2. The van der Waals surface area contributed by atoms with Crippen molar-refractivity contribution >= 4 is 22.3 Å². The highest BCUT2D eigenvalue weighted by atomic mass is 32.1. The summed E-state index contributed by atoms with van der Waals surface area (Å²) in [6, 6.07) is 8.53. The Hall–Kier alpha value is -2.67. The minimum Gasteiger partial charge on any atom is -0.493 e. The molecule has 0 aliphatic carbocycles. The van der Waals surface area contributed by atoms with Crippen molar-refractivity contribution in [2.75, 3.05) is 19.5 Å². The van der Waals surface area contributed by atoms with E-state index >= 15 is 0 Å². The molecule has 3 aromatic rings. The number of nitrogens with one attached hydrogen (secondary N) is 1. The molecule has 1 aromatic carbocycles. The number of rotatable bonds is 5. The monoisotopic (exact) mass is 331 g/mol. The number of thiazole rings is 1. The third-order valence-corrected chi connectivity index (χ3v) is 3.90. The van der Waals surface area contributed by atoms with Crippen LogP contribution in [0.1, 0.15) is 0 Å². The molecule has 0 saturated carbocycles. The largest absolute Gasteiger partial charge is 0.493 e. The van der Waals surface area contributed by atoms with Crippen molar-refractivity contribution in [1.82, 2.24) is 9.97 Å². The van der Waals surface area contributed by atoms with Crippen molar-refractivity contribution in [3.63, 3.8) is 0 Å². The number of methoxy groups -OCH3 is 2. The van der Waals surface area contributed by atoms with Gasteiger partial charge in [-0.05, 0) is 30.3 Å². The molecule has 0 aliphatic rings. The van der Waals surface area contributed by atoms with E-state index in [0.29, 0.717) is 22.4 Å². The van der Waals surface area contributed by atoms with Crippen molar-refractivity contribution in [3.05, 3.63) is 47.7 Å². The SMILES string of the molecule is COc1ccc(-c2csc(Nc3ccc(F)cn3)n2)cc1OC. The van der Waals surface area contributed by atoms with E-state index in [-0.39, 0.29) is 5.82 Å². The van der Waals surface area contributed by atoms with E-state index in [4.69, 9.17) is 9.47 Å². The van der Waals surface area contributed by atoms with Crippen molar-refractivity contribution in [3.8, 4) is 22.8 Å². The fraction of sp³-hybridized carbons (Fsp3) is 0.125. The molecule has 0 bridgehead atoms. The molecule has 7 heteroatoms. The van der Waals surface area contributed by atoms with Gasteiger partial charge < -0.3 is 14.8 Å². The first-order valence-electron chi connectivity index (χ1n) is 6.76. The summed E-state index contributed by atoms with van der Waals surface area (Å²) in [5.74, 6) is 1.48. The van der Waals surface area contributed by atoms with E-state index in [1.807, 2.05) is 23.6 Å². The number of pyridine rings is 1. The van der Waals surface area contributed by atoms with Crippen LogP contribution in [0.15, 0.2) is 41.9 Å². The van der Waals surface area contributed by atoms with Crippen molar-refractivity contribution < 1.29 is 13.9 Å². The van der Waals surface area contributed by atoms with Crippen LogP contribution >= 0.6 is 11.3 Å². The van der Waals surface area contributed by atoms with Gasteiger partial charge in [-0.15, -0.1) is 11.3 Å². The third-order valence-electron chi connectivity index (χ3n) is 3.15. The zero-order valence-electron chi connectivity index (χ0n) is 12.5. The summed E-state index contributed by atoms with van der Waals surface area (Å²) in [6.45, 7) is 0. The predicted molar refractivity (Wildman–Crippen MR) is 88.1 cm³/mol. The number of ether oxygens (including phenoxy) is 2. The van der Waals surface area contributed by atoms with Gasteiger partial charge in [-0.25, -0.2) is 14.4 Å². The van der Waals surface area contributed by atoms with E-state index in [1.165, 1.54) is 17.4 Å². The molecule has 0 fully saturated rings. The van der Waals surface area contributed by atoms with Gasteiger partial charge in [-0.2, -0.15) is 0 Å². The summed E-state index contributed by atoms with van der Waals surface area (Å²) in [7, 11) is 3.19. The summed E-state index contributed by atoms with van der Waals surface area (Å²) in [4.78, 5) is 8.46. The Kier molecular flexibility index (Phi) is 4.38. The van der Waals surface area contributed by atoms with Crippen LogP contribution in [0.3, 0.4) is 0 Å². The Morgan fingerprint density at radius 2 is 1.91 bits per heavy atom. The van der Waals surface area contributed by atoms with E-state index in [2.05, 4.69) is 15.3 Å². The molecular weight excluding hydrogens is 317 g/mol. The summed E-state index contributed by atoms with van der Waals surface area (Å²) in [6.07, 6.45) is 1.16. The number of hydrogen-bond acceptors (Lipinski definition) is 6. The van der Waals surface area contributed by atoms with Gasteiger partial charge in [0.1, 0.15) is 11.6 Å². The topological polar surface area (TPSA) is 56.3 Å². The molecule has 0 aliphatic heterocycles. The quantitative estimate of drug-likeness (QED) is 0.762. The summed E-state index contributed by atoms with van der Waals surface area (Å²) in [5, 5.41) is 5.64. The smallest absolute Gasteiger partial charge is 0.188 e. The molecule has 118 valence electrons. The van der Waals surface area contributed by atoms with Crippen molar-refractivity contribution in [2.24, 2.45) is 0 Å². The molecule has 0 atom stereocenters. The van der Waals surface area contributed by atoms with Gasteiger partial charge in [0, 0.05) is 10.9 Å². The molecular formula is C16H14FN3O2S. The van der Waals surface area contributed by atoms with Crippen LogP contribution in [0, 0.1) is 5.82 Å². The lowest BCUT2D eigenvalue weighted by Crippen LogP contribution is -1.93. The van der Waals surface area contributed by atoms with Gasteiger partial charge in [-0.3, -0.25) is 0 Å². The zero-order valence-corrected chi connectivity index (χ0v) is 13.4. The van der Waals surface area contributed by atoms with E-state index in [1.54, 1.807) is 20.3 Å². The number of halogens is 1. The van der Waals surface area contributed by atoms with Crippen LogP contribution in [0.2, 0.25) is 0 Å². The van der Waals surface area contributed by atoms with E-state index in [0.717, 1.165) is 17.5 Å². The van der Waals surface area contributed by atoms with Gasteiger partial charge in [0.2, 0.25) is 0 Å². The van der Waals surface area contributed by atoms with Gasteiger partial charge in [-0.1, -0.05) is 0 Å². The number of nitrogens with zero attached hydrogens (tertiary/aromatic N) is 2. The number of hydrogen-bond donors (Lipinski definition) is 1. The molecule has 1 N–H and O–H groups in total. The Labute approximate surface area is 136 Å². The second kappa shape index (κ2) is 6.62. The Morgan fingerprint density at radius 3 is 2.61 bits per heavy atom. The molecule has 0 unspecified atom stereocenters. The van der Waals surface area contributed by atoms with Gasteiger partial charge in [0.05, 0.1) is 26.1 Å². The first-order valence-corrected chi connectivity index (χ1v) is 7.64. The Morgan fingerprint density at radius 1 is 1.09 bits per heavy atom. The van der Waals surface area contributed by atoms with Crippen LogP contribution in [-0.4, -0.2) is 24.2 Å². The number of benzene rings is 1. The van der Waals surface area contributed by atoms with Crippen LogP contribution in [-0.2, 0) is 0 Å². The average molecular weight is 331 g/mol. The molecule has 3 rings (SSSR count). The maximum Gasteiger partial charge on any atom is 0.188 e. The lowest BCUT2D eigenvalue weighted by Gasteiger charge is -2.08.